The fraction of sp³-hybridized carbons (Fsp3) is 0.278. The van der Waals surface area contributed by atoms with E-state index in [-0.39, 0.29) is 22.9 Å². The number of rotatable bonds is 6. The minimum Gasteiger partial charge on any atom is -0.486 e. The monoisotopic (exact) mass is 392 g/mol. The van der Waals surface area contributed by atoms with E-state index in [1.54, 1.807) is 6.92 Å². The van der Waals surface area contributed by atoms with Gasteiger partial charge in [-0.05, 0) is 43.3 Å². The van der Waals surface area contributed by atoms with E-state index in [0.717, 1.165) is 5.75 Å². The summed E-state index contributed by atoms with van der Waals surface area (Å²) in [6, 6.07) is 12.8. The van der Waals surface area contributed by atoms with Crippen molar-refractivity contribution in [1.82, 2.24) is 0 Å². The highest BCUT2D eigenvalue weighted by molar-refractivity contribution is 7.89. The maximum absolute atomic E-state index is 12.3. The minimum absolute atomic E-state index is 0.00478. The van der Waals surface area contributed by atoms with Crippen LogP contribution in [0.2, 0.25) is 0 Å². The number of fused-ring (bicyclic) bond motifs is 1. The number of hydrogen-bond acceptors (Lipinski definition) is 5. The van der Waals surface area contributed by atoms with Crippen molar-refractivity contribution >= 4 is 21.6 Å². The van der Waals surface area contributed by atoms with Crippen molar-refractivity contribution in [3.63, 3.8) is 0 Å². The lowest BCUT2D eigenvalue weighted by molar-refractivity contribution is -0.678. The van der Waals surface area contributed by atoms with Crippen LogP contribution in [-0.2, 0) is 14.8 Å². The molecule has 8 nitrogen and oxygen atoms in total. The minimum atomic E-state index is -3.75. The maximum atomic E-state index is 12.3. The van der Waals surface area contributed by atoms with E-state index in [0.29, 0.717) is 24.6 Å². The first-order valence-corrected chi connectivity index (χ1v) is 10.0. The molecule has 0 fully saturated rings. The summed E-state index contributed by atoms with van der Waals surface area (Å²) in [6.07, 6.45) is -0.149. The number of amides is 1. The predicted molar refractivity (Wildman–Crippen MR) is 99.1 cm³/mol. The van der Waals surface area contributed by atoms with Crippen LogP contribution in [0.4, 0.5) is 5.69 Å². The molecule has 0 bridgehead atoms. The number of anilines is 1. The second-order valence-corrected chi connectivity index (χ2v) is 7.88. The van der Waals surface area contributed by atoms with Gasteiger partial charge in [-0.3, -0.25) is 4.79 Å². The van der Waals surface area contributed by atoms with Crippen molar-refractivity contribution in [2.75, 3.05) is 18.5 Å². The van der Waals surface area contributed by atoms with Gasteiger partial charge in [0.15, 0.2) is 23.6 Å². The fourth-order valence-electron chi connectivity index (χ4n) is 2.63. The molecule has 144 valence electrons. The van der Waals surface area contributed by atoms with Gasteiger partial charge in [0.2, 0.25) is 10.0 Å². The van der Waals surface area contributed by atoms with Gasteiger partial charge in [0.05, 0.1) is 4.90 Å². The van der Waals surface area contributed by atoms with Crippen LogP contribution in [0, 0.1) is 0 Å². The molecule has 0 aromatic heterocycles. The SMILES string of the molecule is C[C@@H]([NH2+]C[C@@H]1COc2ccccc2O1)C(=O)Nc1ccc(S(N)(=O)=O)cc1. The zero-order chi connectivity index (χ0) is 19.4. The van der Waals surface area contributed by atoms with E-state index < -0.39 is 10.0 Å². The third-order valence-electron chi connectivity index (χ3n) is 4.18. The van der Waals surface area contributed by atoms with E-state index in [2.05, 4.69) is 5.32 Å². The highest BCUT2D eigenvalue weighted by Crippen LogP contribution is 2.30. The number of nitrogens with two attached hydrogens (primary N) is 2. The molecule has 1 aliphatic rings. The molecule has 0 radical (unpaired) electrons. The molecule has 0 aliphatic carbocycles. The largest absolute Gasteiger partial charge is 0.486 e. The number of ether oxygens (including phenoxy) is 2. The van der Waals surface area contributed by atoms with E-state index in [1.165, 1.54) is 24.3 Å². The fourth-order valence-corrected chi connectivity index (χ4v) is 3.14. The number of hydrogen-bond donors (Lipinski definition) is 3. The topological polar surface area (TPSA) is 124 Å². The normalized spacial score (nSPS) is 17.2. The molecule has 1 amide bonds. The Kier molecular flexibility index (Phi) is 5.64. The van der Waals surface area contributed by atoms with E-state index in [1.807, 2.05) is 29.6 Å². The summed E-state index contributed by atoms with van der Waals surface area (Å²) in [5.74, 6) is 1.23. The van der Waals surface area contributed by atoms with Crippen LogP contribution >= 0.6 is 0 Å². The van der Waals surface area contributed by atoms with Gasteiger partial charge >= 0.3 is 0 Å². The molecular weight excluding hydrogens is 370 g/mol. The average molecular weight is 392 g/mol. The van der Waals surface area contributed by atoms with E-state index in [9.17, 15) is 13.2 Å². The molecule has 9 heteroatoms. The number of carbonyl (C=O) groups is 1. The molecular formula is C18H22N3O5S+. The molecule has 0 unspecified atom stereocenters. The van der Waals surface area contributed by atoms with Crippen LogP contribution in [0.25, 0.3) is 0 Å². The van der Waals surface area contributed by atoms with Gasteiger partial charge in [-0.25, -0.2) is 13.6 Å². The Morgan fingerprint density at radius 2 is 1.89 bits per heavy atom. The van der Waals surface area contributed by atoms with E-state index in [4.69, 9.17) is 14.6 Å². The van der Waals surface area contributed by atoms with Crippen LogP contribution in [-0.4, -0.2) is 39.6 Å². The van der Waals surface area contributed by atoms with Crippen molar-refractivity contribution in [3.8, 4) is 11.5 Å². The third-order valence-corrected chi connectivity index (χ3v) is 5.11. The molecule has 27 heavy (non-hydrogen) atoms. The van der Waals surface area contributed by atoms with Gasteiger partial charge < -0.3 is 20.1 Å². The van der Waals surface area contributed by atoms with Gasteiger partial charge in [0.1, 0.15) is 13.2 Å². The van der Waals surface area contributed by atoms with Crippen molar-refractivity contribution in [1.29, 1.82) is 0 Å². The van der Waals surface area contributed by atoms with Crippen molar-refractivity contribution in [3.05, 3.63) is 48.5 Å². The zero-order valence-electron chi connectivity index (χ0n) is 14.8. The summed E-state index contributed by atoms with van der Waals surface area (Å²) in [4.78, 5) is 12.3. The third kappa shape index (κ3) is 4.97. The lowest BCUT2D eigenvalue weighted by Gasteiger charge is -2.26. The zero-order valence-corrected chi connectivity index (χ0v) is 15.6. The summed E-state index contributed by atoms with van der Waals surface area (Å²) in [7, 11) is -3.75. The predicted octanol–water partition coefficient (Wildman–Crippen LogP) is 0.0644. The first-order chi connectivity index (χ1) is 12.8. The summed E-state index contributed by atoms with van der Waals surface area (Å²) in [5, 5.41) is 9.67. The lowest BCUT2D eigenvalue weighted by Crippen LogP contribution is -2.93. The molecule has 2 aromatic rings. The number of quaternary nitrogens is 1. The summed E-state index contributed by atoms with van der Waals surface area (Å²) >= 11 is 0. The van der Waals surface area contributed by atoms with Gasteiger partial charge in [-0.1, -0.05) is 12.1 Å². The highest BCUT2D eigenvalue weighted by Gasteiger charge is 2.24. The van der Waals surface area contributed by atoms with Crippen molar-refractivity contribution in [2.45, 2.75) is 24.0 Å². The van der Waals surface area contributed by atoms with Crippen molar-refractivity contribution in [2.24, 2.45) is 5.14 Å². The van der Waals surface area contributed by atoms with Crippen LogP contribution in [0.15, 0.2) is 53.4 Å². The number of benzene rings is 2. The molecule has 0 spiro atoms. The molecule has 2 aromatic carbocycles. The Morgan fingerprint density at radius 1 is 1.22 bits per heavy atom. The summed E-state index contributed by atoms with van der Waals surface area (Å²) in [6.45, 7) is 2.77. The molecule has 1 aliphatic heterocycles. The molecule has 3 rings (SSSR count). The van der Waals surface area contributed by atoms with E-state index >= 15 is 0 Å². The molecule has 1 heterocycles. The average Bonchev–Trinajstić information content (AvgIpc) is 2.65. The van der Waals surface area contributed by atoms with Crippen molar-refractivity contribution < 1.29 is 28.0 Å². The summed E-state index contributed by atoms with van der Waals surface area (Å²) in [5.41, 5.74) is 0.499. The standard InChI is InChI=1S/C18H21N3O5S/c1-12(18(22)21-13-6-8-15(9-7-13)27(19,23)24)20-10-14-11-25-16-4-2-3-5-17(16)26-14/h2-9,12,14,20H,10-11H2,1H3,(H,21,22)(H2,19,23,24)/p+1/t12-,14-/m1/s1. The second-order valence-electron chi connectivity index (χ2n) is 6.32. The number of carbonyl (C=O) groups excluding carboxylic acids is 1. The molecule has 2 atom stereocenters. The molecule has 0 saturated heterocycles. The Hall–Kier alpha value is -2.62. The Balaban J connectivity index is 1.50. The number of sulfonamides is 1. The quantitative estimate of drug-likeness (QED) is 0.641. The van der Waals surface area contributed by atoms with Crippen LogP contribution < -0.4 is 25.2 Å². The van der Waals surface area contributed by atoms with Gasteiger partial charge in [0.25, 0.3) is 5.91 Å². The van der Waals surface area contributed by atoms with Crippen LogP contribution in [0.5, 0.6) is 11.5 Å². The summed E-state index contributed by atoms with van der Waals surface area (Å²) < 4.78 is 34.0. The lowest BCUT2D eigenvalue weighted by atomic mass is 10.2. The molecule has 0 saturated carbocycles. The Labute approximate surface area is 157 Å². The van der Waals surface area contributed by atoms with Gasteiger partial charge in [-0.2, -0.15) is 0 Å². The maximum Gasteiger partial charge on any atom is 0.282 e. The van der Waals surface area contributed by atoms with Crippen LogP contribution in [0.1, 0.15) is 6.92 Å². The highest BCUT2D eigenvalue weighted by atomic mass is 32.2. The molecule has 5 N–H and O–H groups in total. The Morgan fingerprint density at radius 3 is 2.56 bits per heavy atom. The number of primary sulfonamides is 1. The van der Waals surface area contributed by atoms with Gasteiger partial charge in [-0.15, -0.1) is 0 Å². The second kappa shape index (κ2) is 7.95. The Bertz CT molecular complexity index is 915. The van der Waals surface area contributed by atoms with Gasteiger partial charge in [0, 0.05) is 5.69 Å². The number of nitrogens with one attached hydrogen (secondary N) is 1. The smallest absolute Gasteiger partial charge is 0.282 e. The first-order valence-electron chi connectivity index (χ1n) is 8.48. The number of para-hydroxylation sites is 2. The first kappa shape index (κ1) is 19.2. The van der Waals surface area contributed by atoms with Crippen LogP contribution in [0.3, 0.4) is 0 Å².